The minimum atomic E-state index is -0.356. The molecule has 1 aliphatic heterocycles. The topological polar surface area (TPSA) is 31.4 Å². The molecule has 0 unspecified atom stereocenters. The van der Waals surface area contributed by atoms with Crippen LogP contribution in [0.1, 0.15) is 71.8 Å². The van der Waals surface area contributed by atoms with Crippen LogP contribution in [0.3, 0.4) is 0 Å². The molecule has 0 spiro atoms. The number of aromatic nitrogens is 1. The van der Waals surface area contributed by atoms with E-state index in [1.54, 1.807) is 0 Å². The molecule has 0 atom stereocenters. The lowest BCUT2D eigenvalue weighted by atomic mass is 9.48. The van der Waals surface area contributed by atoms with Crippen LogP contribution in [-0.4, -0.2) is 23.3 Å². The fourth-order valence-corrected chi connectivity index (χ4v) is 7.30. The van der Waals surface area contributed by atoms with E-state index in [0.29, 0.717) is 5.41 Å². The van der Waals surface area contributed by atoms with Crippen LogP contribution in [0.25, 0.3) is 11.1 Å². The van der Waals surface area contributed by atoms with Crippen molar-refractivity contribution in [3.8, 4) is 11.1 Å². The van der Waals surface area contributed by atoms with Crippen molar-refractivity contribution in [2.75, 3.05) is 0 Å². The van der Waals surface area contributed by atoms with Gasteiger partial charge in [-0.25, -0.2) is 0 Å². The Morgan fingerprint density at radius 2 is 1.48 bits per heavy atom. The Balaban J connectivity index is 1.44. The molecule has 2 aromatic rings. The summed E-state index contributed by atoms with van der Waals surface area (Å²) in [5, 5.41) is 0. The minimum absolute atomic E-state index is 0.345. The van der Waals surface area contributed by atoms with Crippen LogP contribution in [0.5, 0.6) is 0 Å². The number of benzene rings is 1. The van der Waals surface area contributed by atoms with Gasteiger partial charge < -0.3 is 9.31 Å². The third-order valence-electron chi connectivity index (χ3n) is 9.18. The molecule has 4 saturated carbocycles. The first-order chi connectivity index (χ1) is 14.7. The van der Waals surface area contributed by atoms with Crippen molar-refractivity contribution in [2.45, 2.75) is 82.8 Å². The highest BCUT2D eigenvalue weighted by atomic mass is 16.7. The van der Waals surface area contributed by atoms with Crippen LogP contribution in [0, 0.1) is 17.8 Å². The number of rotatable bonds is 3. The summed E-state index contributed by atoms with van der Waals surface area (Å²) in [6.45, 7) is 8.50. The summed E-state index contributed by atoms with van der Waals surface area (Å²) < 4.78 is 12.9. The van der Waals surface area contributed by atoms with Gasteiger partial charge in [0.2, 0.25) is 0 Å². The predicted octanol–water partition coefficient (Wildman–Crippen LogP) is 5.52. The summed E-state index contributed by atoms with van der Waals surface area (Å²) in [5.74, 6) is 2.82. The molecule has 1 aromatic heterocycles. The molecule has 1 aromatic carbocycles. The summed E-state index contributed by atoms with van der Waals surface area (Å²) in [5.41, 5.74) is 4.72. The highest BCUT2D eigenvalue weighted by molar-refractivity contribution is 6.63. The lowest BCUT2D eigenvalue weighted by Gasteiger charge is -2.57. The third-order valence-corrected chi connectivity index (χ3v) is 9.18. The van der Waals surface area contributed by atoms with Crippen molar-refractivity contribution < 1.29 is 9.31 Å². The highest BCUT2D eigenvalue weighted by Gasteiger charge is 2.54. The number of hydrogen-bond acceptors (Lipinski definition) is 3. The van der Waals surface area contributed by atoms with Crippen molar-refractivity contribution >= 4 is 12.6 Å². The van der Waals surface area contributed by atoms with Crippen LogP contribution in [-0.2, 0) is 14.7 Å². The molecule has 0 amide bonds. The van der Waals surface area contributed by atoms with Gasteiger partial charge in [0, 0.05) is 12.4 Å². The second-order valence-corrected chi connectivity index (χ2v) is 11.8. The van der Waals surface area contributed by atoms with Gasteiger partial charge in [-0.05, 0) is 118 Å². The average Bonchev–Trinajstić information content (AvgIpc) is 2.94. The van der Waals surface area contributed by atoms with Crippen molar-refractivity contribution in [3.05, 3.63) is 48.3 Å². The Morgan fingerprint density at radius 1 is 0.871 bits per heavy atom. The van der Waals surface area contributed by atoms with Crippen LogP contribution < -0.4 is 5.46 Å². The highest BCUT2D eigenvalue weighted by Crippen LogP contribution is 2.60. The summed E-state index contributed by atoms with van der Waals surface area (Å²) in [6.07, 6.45) is 12.4. The monoisotopic (exact) mass is 415 g/mol. The maximum absolute atomic E-state index is 6.46. The lowest BCUT2D eigenvalue weighted by molar-refractivity contribution is -0.00516. The first kappa shape index (κ1) is 20.0. The van der Waals surface area contributed by atoms with Crippen molar-refractivity contribution in [1.82, 2.24) is 4.98 Å². The van der Waals surface area contributed by atoms with Crippen molar-refractivity contribution in [1.29, 1.82) is 0 Å². The Hall–Kier alpha value is -1.65. The lowest BCUT2D eigenvalue weighted by Crippen LogP contribution is -2.48. The fraction of sp³-hybridized carbons (Fsp3) is 0.593. The van der Waals surface area contributed by atoms with E-state index >= 15 is 0 Å². The first-order valence-corrected chi connectivity index (χ1v) is 12.2. The molecule has 4 bridgehead atoms. The molecule has 0 radical (unpaired) electrons. The van der Waals surface area contributed by atoms with Gasteiger partial charge in [0.05, 0.1) is 11.2 Å². The third kappa shape index (κ3) is 3.13. The van der Waals surface area contributed by atoms with Gasteiger partial charge in [0.25, 0.3) is 0 Å². The van der Waals surface area contributed by atoms with Crippen molar-refractivity contribution in [2.24, 2.45) is 17.8 Å². The summed E-state index contributed by atoms with van der Waals surface area (Å²) >= 11 is 0. The number of pyridine rings is 1. The summed E-state index contributed by atoms with van der Waals surface area (Å²) in [6, 6.07) is 11.3. The SMILES string of the molecule is CC1(C)OB(c2ccc(C34CC5CC(CC(C5)C3)C4)cc2-c2cccnc2)OC1(C)C. The zero-order valence-electron chi connectivity index (χ0n) is 19.4. The van der Waals surface area contributed by atoms with Crippen LogP contribution in [0.4, 0.5) is 0 Å². The molecule has 5 aliphatic rings. The Bertz CT molecular complexity index is 948. The molecular weight excluding hydrogens is 381 g/mol. The van der Waals surface area contributed by atoms with E-state index in [1.165, 1.54) is 49.7 Å². The van der Waals surface area contributed by atoms with E-state index in [0.717, 1.165) is 28.8 Å². The number of nitrogens with zero attached hydrogens (tertiary/aromatic N) is 1. The molecule has 4 aliphatic carbocycles. The maximum atomic E-state index is 6.46. The second kappa shape index (κ2) is 6.68. The quantitative estimate of drug-likeness (QED) is 0.619. The zero-order chi connectivity index (χ0) is 21.4. The molecule has 7 rings (SSSR count). The Kier molecular flexibility index (Phi) is 4.31. The summed E-state index contributed by atoms with van der Waals surface area (Å²) in [4.78, 5) is 4.43. The van der Waals surface area contributed by atoms with Crippen LogP contribution in [0.2, 0.25) is 0 Å². The normalized spacial score (nSPS) is 35.0. The maximum Gasteiger partial charge on any atom is 0.495 e. The average molecular weight is 415 g/mol. The van der Waals surface area contributed by atoms with E-state index in [4.69, 9.17) is 9.31 Å². The van der Waals surface area contributed by atoms with Gasteiger partial charge in [-0.1, -0.05) is 24.3 Å². The van der Waals surface area contributed by atoms with Gasteiger partial charge >= 0.3 is 7.12 Å². The van der Waals surface area contributed by atoms with Gasteiger partial charge in [-0.15, -0.1) is 0 Å². The predicted molar refractivity (Wildman–Crippen MR) is 125 cm³/mol. The largest absolute Gasteiger partial charge is 0.495 e. The smallest absolute Gasteiger partial charge is 0.399 e. The number of hydrogen-bond donors (Lipinski definition) is 0. The van der Waals surface area contributed by atoms with E-state index in [1.807, 2.05) is 18.5 Å². The molecule has 1 saturated heterocycles. The molecule has 4 heteroatoms. The van der Waals surface area contributed by atoms with Gasteiger partial charge in [-0.3, -0.25) is 4.98 Å². The Morgan fingerprint density at radius 3 is 2.03 bits per heavy atom. The molecule has 162 valence electrons. The van der Waals surface area contributed by atoms with E-state index < -0.39 is 0 Å². The van der Waals surface area contributed by atoms with Gasteiger partial charge in [0.1, 0.15) is 0 Å². The molecular formula is C27H34BNO2. The first-order valence-electron chi connectivity index (χ1n) is 12.2. The minimum Gasteiger partial charge on any atom is -0.399 e. The van der Waals surface area contributed by atoms with Crippen LogP contribution >= 0.6 is 0 Å². The zero-order valence-corrected chi connectivity index (χ0v) is 19.4. The van der Waals surface area contributed by atoms with Gasteiger partial charge in [0.15, 0.2) is 0 Å². The summed E-state index contributed by atoms with van der Waals surface area (Å²) in [7, 11) is -0.356. The van der Waals surface area contributed by atoms with E-state index in [9.17, 15) is 0 Å². The molecule has 0 N–H and O–H groups in total. The molecule has 5 fully saturated rings. The molecule has 31 heavy (non-hydrogen) atoms. The standard InChI is InChI=1S/C27H34BNO2/c1-25(2)26(3,4)31-28(30-25)24-8-7-22(13-23(24)21-6-5-9-29-17-21)27-14-18-10-19(15-27)12-20(11-18)16-27/h5-9,13,17-20H,10-12,14-16H2,1-4H3. The molecule has 2 heterocycles. The van der Waals surface area contributed by atoms with Crippen molar-refractivity contribution in [3.63, 3.8) is 0 Å². The molecule has 3 nitrogen and oxygen atoms in total. The fourth-order valence-electron chi connectivity index (χ4n) is 7.30. The van der Waals surface area contributed by atoms with Crippen LogP contribution in [0.15, 0.2) is 42.7 Å². The van der Waals surface area contributed by atoms with E-state index in [-0.39, 0.29) is 18.3 Å². The van der Waals surface area contributed by atoms with Gasteiger partial charge in [-0.2, -0.15) is 0 Å². The second-order valence-electron chi connectivity index (χ2n) is 11.8. The van der Waals surface area contributed by atoms with E-state index in [2.05, 4.69) is 56.9 Å². The Labute approximate surface area is 187 Å².